The average molecular weight is 283 g/mol. The van der Waals surface area contributed by atoms with Crippen molar-refractivity contribution in [1.82, 2.24) is 4.98 Å². The predicted molar refractivity (Wildman–Crippen MR) is 72.4 cm³/mol. The molecule has 4 heteroatoms. The van der Waals surface area contributed by atoms with Crippen LogP contribution in [0.5, 0.6) is 0 Å². The Morgan fingerprint density at radius 2 is 2.07 bits per heavy atom. The van der Waals surface area contributed by atoms with Gasteiger partial charge in [0.1, 0.15) is 5.82 Å². The highest BCUT2D eigenvalue weighted by Gasteiger charge is 1.89. The van der Waals surface area contributed by atoms with Gasteiger partial charge in [-0.05, 0) is 18.1 Å². The van der Waals surface area contributed by atoms with Crippen LogP contribution in [0.4, 0.5) is 5.82 Å². The average Bonchev–Trinajstić information content (AvgIpc) is 2.24. The zero-order valence-corrected chi connectivity index (χ0v) is 12.7. The SMILES string of the molecule is CCCc1ccc(N)nc1.CC[CH2][Mg][Br]. The molecule has 1 aromatic rings. The quantitative estimate of drug-likeness (QED) is 0.860. The van der Waals surface area contributed by atoms with Crippen LogP contribution in [-0.4, -0.2) is 23.2 Å². The van der Waals surface area contributed by atoms with E-state index >= 15 is 0 Å². The highest BCUT2D eigenvalue weighted by Crippen LogP contribution is 2.02. The van der Waals surface area contributed by atoms with E-state index in [0.29, 0.717) is 5.82 Å². The summed E-state index contributed by atoms with van der Waals surface area (Å²) in [5.74, 6) is 0.597. The lowest BCUT2D eigenvalue weighted by Crippen LogP contribution is -1.90. The molecule has 0 amide bonds. The summed E-state index contributed by atoms with van der Waals surface area (Å²) in [4.78, 5) is 3.98. The van der Waals surface area contributed by atoms with Crippen molar-refractivity contribution in [2.45, 2.75) is 37.7 Å². The first kappa shape index (κ1) is 15.2. The molecule has 0 saturated heterocycles. The highest BCUT2D eigenvalue weighted by atomic mass is 79.9. The molecule has 0 aliphatic rings. The van der Waals surface area contributed by atoms with E-state index in [1.807, 2.05) is 18.3 Å². The normalized spacial score (nSPS) is 8.73. The first-order chi connectivity index (χ1) is 7.24. The topological polar surface area (TPSA) is 38.9 Å². The lowest BCUT2D eigenvalue weighted by molar-refractivity contribution is 0.914. The van der Waals surface area contributed by atoms with Gasteiger partial charge in [-0.1, -0.05) is 32.8 Å². The molecular formula is C11H19BrMgN2. The van der Waals surface area contributed by atoms with Crippen molar-refractivity contribution in [2.75, 3.05) is 5.73 Å². The molecule has 1 rings (SSSR count). The summed E-state index contributed by atoms with van der Waals surface area (Å²) < 4.78 is 1.44. The van der Waals surface area contributed by atoms with E-state index in [2.05, 4.69) is 31.7 Å². The minimum absolute atomic E-state index is 0.226. The van der Waals surface area contributed by atoms with Crippen molar-refractivity contribution < 1.29 is 0 Å². The maximum absolute atomic E-state index is 5.41. The van der Waals surface area contributed by atoms with Gasteiger partial charge >= 0.3 is 18.2 Å². The number of hydrogen-bond donors (Lipinski definition) is 1. The molecule has 0 saturated carbocycles. The number of hydrogen-bond acceptors (Lipinski definition) is 2. The maximum atomic E-state index is 5.41. The van der Waals surface area contributed by atoms with E-state index in [1.165, 1.54) is 16.5 Å². The number of aromatic nitrogens is 1. The molecule has 2 N–H and O–H groups in total. The number of nitrogens with two attached hydrogens (primary N) is 1. The molecule has 2 nitrogen and oxygen atoms in total. The van der Waals surface area contributed by atoms with Crippen molar-refractivity contribution in [3.05, 3.63) is 23.9 Å². The molecule has 82 valence electrons. The van der Waals surface area contributed by atoms with Crippen LogP contribution in [-0.2, 0) is 6.42 Å². The minimum atomic E-state index is 0.226. The Kier molecular flexibility index (Phi) is 10.8. The van der Waals surface area contributed by atoms with Gasteiger partial charge in [0.15, 0.2) is 0 Å². The molecule has 0 aliphatic carbocycles. The van der Waals surface area contributed by atoms with Crippen molar-refractivity contribution >= 4 is 36.9 Å². The smallest absolute Gasteiger partial charge is 0.384 e. The molecule has 0 atom stereocenters. The van der Waals surface area contributed by atoms with Gasteiger partial charge in [0.25, 0.3) is 0 Å². The molecule has 0 radical (unpaired) electrons. The van der Waals surface area contributed by atoms with Gasteiger partial charge in [0.05, 0.1) is 0 Å². The highest BCUT2D eigenvalue weighted by molar-refractivity contribution is 9.23. The monoisotopic (exact) mass is 282 g/mol. The number of nitrogens with zero attached hydrogens (tertiary/aromatic N) is 1. The first-order valence-corrected chi connectivity index (χ1v) is 10.4. The van der Waals surface area contributed by atoms with Gasteiger partial charge in [0, 0.05) is 6.20 Å². The van der Waals surface area contributed by atoms with Crippen LogP contribution in [0, 0.1) is 0 Å². The third kappa shape index (κ3) is 9.14. The zero-order valence-electron chi connectivity index (χ0n) is 9.67. The van der Waals surface area contributed by atoms with Gasteiger partial charge in [-0.15, -0.1) is 4.55 Å². The number of aryl methyl sites for hydroxylation is 1. The van der Waals surface area contributed by atoms with Gasteiger partial charge in [-0.3, -0.25) is 0 Å². The second kappa shape index (κ2) is 10.7. The lowest BCUT2D eigenvalue weighted by Gasteiger charge is -1.96. The van der Waals surface area contributed by atoms with E-state index in [9.17, 15) is 0 Å². The molecule has 0 aromatic carbocycles. The Bertz CT molecular complexity index is 237. The first-order valence-electron chi connectivity index (χ1n) is 5.50. The third-order valence-electron chi connectivity index (χ3n) is 1.87. The van der Waals surface area contributed by atoms with Gasteiger partial charge in [-0.2, -0.15) is 0 Å². The summed E-state index contributed by atoms with van der Waals surface area (Å²) in [5.41, 5.74) is 6.67. The van der Waals surface area contributed by atoms with Crippen LogP contribution in [0.2, 0.25) is 4.55 Å². The van der Waals surface area contributed by atoms with E-state index in [1.54, 1.807) is 0 Å². The van der Waals surface area contributed by atoms with Crippen molar-refractivity contribution in [3.63, 3.8) is 0 Å². The fraction of sp³-hybridized carbons (Fsp3) is 0.545. The molecule has 1 aromatic heterocycles. The second-order valence-corrected chi connectivity index (χ2v) is 6.85. The number of pyridine rings is 1. The Balaban J connectivity index is 0.000000336. The zero-order chi connectivity index (χ0) is 11.5. The van der Waals surface area contributed by atoms with Crippen LogP contribution >= 0.6 is 12.9 Å². The fourth-order valence-electron chi connectivity index (χ4n) is 1.01. The number of rotatable bonds is 4. The van der Waals surface area contributed by atoms with Gasteiger partial charge in [-0.25, -0.2) is 4.98 Å². The summed E-state index contributed by atoms with van der Waals surface area (Å²) in [5, 5.41) is 0. The molecule has 0 unspecified atom stereocenters. The molecular weight excluding hydrogens is 264 g/mol. The summed E-state index contributed by atoms with van der Waals surface area (Å²) in [7, 11) is 0. The van der Waals surface area contributed by atoms with Crippen molar-refractivity contribution in [2.24, 2.45) is 0 Å². The van der Waals surface area contributed by atoms with Crippen LogP contribution < -0.4 is 5.73 Å². The molecule has 0 bridgehead atoms. The van der Waals surface area contributed by atoms with E-state index < -0.39 is 0 Å². The molecule has 15 heavy (non-hydrogen) atoms. The summed E-state index contributed by atoms with van der Waals surface area (Å²) in [6.07, 6.45) is 5.44. The van der Waals surface area contributed by atoms with Crippen molar-refractivity contribution in [3.8, 4) is 0 Å². The maximum Gasteiger partial charge on any atom is 0.468 e. The minimum Gasteiger partial charge on any atom is -0.384 e. The number of anilines is 1. The molecule has 0 spiro atoms. The van der Waals surface area contributed by atoms with Crippen LogP contribution in [0.1, 0.15) is 32.3 Å². The Morgan fingerprint density at radius 1 is 1.33 bits per heavy atom. The van der Waals surface area contributed by atoms with E-state index in [0.717, 1.165) is 12.8 Å². The second-order valence-electron chi connectivity index (χ2n) is 3.38. The Hall–Kier alpha value is 0.196. The van der Waals surface area contributed by atoms with Crippen LogP contribution in [0.25, 0.3) is 0 Å². The number of halogens is 1. The summed E-state index contributed by atoms with van der Waals surface area (Å²) >= 11 is 3.67. The Labute approximate surface area is 109 Å². The fourth-order valence-corrected chi connectivity index (χ4v) is 2.96. The van der Waals surface area contributed by atoms with Gasteiger partial charge < -0.3 is 18.6 Å². The third-order valence-corrected chi connectivity index (χ3v) is 4.53. The standard InChI is InChI=1S/C8H12N2.C3H7.BrH.Mg/c1-2-3-7-4-5-8(9)10-6-7;1-3-2;;/h4-6H,2-3H2,1H3,(H2,9,10);1,3H2,2H3;1H;/q;;;+1/p-1. The largest absolute Gasteiger partial charge is 0.468 e. The van der Waals surface area contributed by atoms with E-state index in [-0.39, 0.29) is 18.2 Å². The van der Waals surface area contributed by atoms with Gasteiger partial charge in [0.2, 0.25) is 0 Å². The Morgan fingerprint density at radius 3 is 2.40 bits per heavy atom. The summed E-state index contributed by atoms with van der Waals surface area (Å²) in [6.45, 7) is 4.37. The van der Waals surface area contributed by atoms with E-state index in [4.69, 9.17) is 5.73 Å². The molecule has 0 fully saturated rings. The van der Waals surface area contributed by atoms with Crippen LogP contribution in [0.15, 0.2) is 18.3 Å². The van der Waals surface area contributed by atoms with Crippen LogP contribution in [0.3, 0.4) is 0 Å². The lowest BCUT2D eigenvalue weighted by atomic mass is 10.2. The predicted octanol–water partition coefficient (Wildman–Crippen LogP) is 3.45. The number of nitrogen functional groups attached to an aromatic ring is 1. The van der Waals surface area contributed by atoms with Crippen molar-refractivity contribution in [1.29, 1.82) is 0 Å². The molecule has 0 aliphatic heterocycles. The molecule has 1 heterocycles. The summed E-state index contributed by atoms with van der Waals surface area (Å²) in [6, 6.07) is 3.86.